The molecule has 4 rings (SSSR count). The highest BCUT2D eigenvalue weighted by Crippen LogP contribution is 2.12. The van der Waals surface area contributed by atoms with Gasteiger partial charge >= 0.3 is 0 Å². The van der Waals surface area contributed by atoms with Crippen LogP contribution in [-0.4, -0.2) is 183 Å². The number of hydrogen-bond donors (Lipinski definition) is 17. The van der Waals surface area contributed by atoms with Gasteiger partial charge in [0.05, 0.1) is 19.1 Å². The first-order chi connectivity index (χ1) is 43.6. The number of carbonyl (C=O) groups excluding carboxylic acids is 13. The van der Waals surface area contributed by atoms with E-state index in [4.69, 9.17) is 28.7 Å². The lowest BCUT2D eigenvalue weighted by Gasteiger charge is -2.26. The molecule has 91 heavy (non-hydrogen) atoms. The van der Waals surface area contributed by atoms with Crippen molar-refractivity contribution in [2.75, 3.05) is 39.3 Å². The zero-order valence-electron chi connectivity index (χ0n) is 51.2. The van der Waals surface area contributed by atoms with Crippen LogP contribution in [0.3, 0.4) is 0 Å². The molecular weight excluding hydrogens is 1180 g/mol. The van der Waals surface area contributed by atoms with Crippen molar-refractivity contribution in [1.29, 1.82) is 0 Å². The molecule has 0 aliphatic carbocycles. The standard InChI is InChI=1S/C59H89N19O13/c1-2-38-50(84)69-33-47(81)71-39(21-13-28-67-58(61)62)52(86)75-42(54(88)77-44(56(90)73-38)31-35-15-5-3-6-16-35)20-10-12-27-66-49(83)37(60)23-24-46(80)65-26-11-9-19-41-55(89)78-45(32-36-17-7-4-8-18-36)57(91)76-43(25-30-79)51(85)70-34-48(82)72-40(53(87)74-41)22-14-29-68-59(63)64/h3-8,15-18,30,37-45H,2,9-14,19-29,31-34,60H2,1H3,(H,65,80)(H,66,83)(H,69,84)(H,70,85)(H,71,81)(H,72,82)(H,73,90)(H,74,87)(H,75,86)(H,76,91)(H,77,88)(H,78,89)(H4,61,62,67)(H4,63,64,68)/t37-,38+,39-,40-,41+,42?,43+,44+,45+/m0/s1. The molecule has 2 aliphatic rings. The van der Waals surface area contributed by atoms with E-state index in [1.165, 1.54) is 0 Å². The number of nitrogens with zero attached hydrogens (tertiary/aromatic N) is 2. The SMILES string of the molecule is CC[C@H]1NC(=O)[C@@H](Cc2ccccc2)NC(=O)C(CCCCNC(=O)[C@@H](N)CCC(=O)NCCCC[C@H]2NC(=O)[C@H](CCCN=C(N)N)NC(=O)CNC(=O)[C@@H](CC=O)NC(=O)[C@@H](Cc3ccccc3)NC2=O)NC(=O)[C@H](CCCN=C(N)N)NC(=O)CNC1=O. The maximum Gasteiger partial charge on any atom is 0.243 e. The van der Waals surface area contributed by atoms with Crippen molar-refractivity contribution in [1.82, 2.24) is 63.8 Å². The average Bonchev–Trinajstić information content (AvgIpc) is 2.54. The molecule has 22 N–H and O–H groups in total. The van der Waals surface area contributed by atoms with E-state index in [9.17, 15) is 62.3 Å². The monoisotopic (exact) mass is 1270 g/mol. The number of unbranched alkanes of at least 4 members (excludes halogenated alkanes) is 2. The molecule has 12 amide bonds. The summed E-state index contributed by atoms with van der Waals surface area (Å²) in [5, 5.41) is 31.5. The molecule has 2 saturated heterocycles. The van der Waals surface area contributed by atoms with Gasteiger partial charge in [-0.2, -0.15) is 0 Å². The van der Waals surface area contributed by atoms with Gasteiger partial charge in [0.2, 0.25) is 70.9 Å². The number of amides is 12. The van der Waals surface area contributed by atoms with E-state index in [1.54, 1.807) is 67.6 Å². The van der Waals surface area contributed by atoms with E-state index in [-0.39, 0.29) is 128 Å². The summed E-state index contributed by atoms with van der Waals surface area (Å²) in [6.07, 6.45) is 1.47. The first-order valence-corrected chi connectivity index (χ1v) is 30.5. The van der Waals surface area contributed by atoms with E-state index in [1.807, 2.05) is 0 Å². The van der Waals surface area contributed by atoms with Crippen molar-refractivity contribution in [2.24, 2.45) is 38.7 Å². The second-order valence-corrected chi connectivity index (χ2v) is 21.9. The molecule has 2 fully saturated rings. The lowest BCUT2D eigenvalue weighted by atomic mass is 10.0. The topological polar surface area (TPSA) is 521 Å². The van der Waals surface area contributed by atoms with E-state index >= 15 is 0 Å². The zero-order valence-corrected chi connectivity index (χ0v) is 51.2. The van der Waals surface area contributed by atoms with Gasteiger partial charge in [-0.1, -0.05) is 67.6 Å². The molecule has 0 aromatic heterocycles. The van der Waals surface area contributed by atoms with Gasteiger partial charge in [-0.05, 0) is 88.2 Å². The molecule has 0 spiro atoms. The van der Waals surface area contributed by atoms with Crippen LogP contribution in [0.5, 0.6) is 0 Å². The largest absolute Gasteiger partial charge is 0.370 e. The van der Waals surface area contributed by atoms with Gasteiger partial charge in [-0.15, -0.1) is 0 Å². The predicted octanol–water partition coefficient (Wildman–Crippen LogP) is -5.60. The number of nitrogens with one attached hydrogen (secondary N) is 12. The Kier molecular flexibility index (Phi) is 32.4. The summed E-state index contributed by atoms with van der Waals surface area (Å²) in [6.45, 7) is 0.927. The minimum atomic E-state index is -1.41. The summed E-state index contributed by atoms with van der Waals surface area (Å²) in [5.41, 5.74) is 29.4. The van der Waals surface area contributed by atoms with Crippen LogP contribution in [0.4, 0.5) is 0 Å². The molecule has 1 unspecified atom stereocenters. The molecule has 0 radical (unpaired) electrons. The minimum Gasteiger partial charge on any atom is -0.370 e. The highest BCUT2D eigenvalue weighted by atomic mass is 16.2. The highest BCUT2D eigenvalue weighted by molar-refractivity contribution is 5.99. The Morgan fingerprint density at radius 3 is 1.30 bits per heavy atom. The molecular formula is C59H89N19O13. The Morgan fingerprint density at radius 2 is 0.868 bits per heavy atom. The molecule has 0 bridgehead atoms. The van der Waals surface area contributed by atoms with Crippen molar-refractivity contribution in [3.8, 4) is 0 Å². The fourth-order valence-electron chi connectivity index (χ4n) is 9.61. The summed E-state index contributed by atoms with van der Waals surface area (Å²) in [4.78, 5) is 182. The molecule has 32 nitrogen and oxygen atoms in total. The number of carbonyl (C=O) groups is 13. The molecule has 2 aromatic carbocycles. The second kappa shape index (κ2) is 40.0. The first kappa shape index (κ1) is 73.7. The van der Waals surface area contributed by atoms with Crippen LogP contribution in [0.15, 0.2) is 70.6 Å². The molecule has 9 atom stereocenters. The Balaban J connectivity index is 1.37. The smallest absolute Gasteiger partial charge is 0.243 e. The number of hydrogen-bond acceptors (Lipinski definition) is 16. The number of nitrogens with two attached hydrogens (primary N) is 5. The van der Waals surface area contributed by atoms with Crippen molar-refractivity contribution in [2.45, 2.75) is 164 Å². The number of aliphatic imine (C=N–C) groups is 2. The van der Waals surface area contributed by atoms with Crippen LogP contribution in [-0.2, 0) is 75.2 Å². The summed E-state index contributed by atoms with van der Waals surface area (Å²) >= 11 is 0. The van der Waals surface area contributed by atoms with E-state index in [2.05, 4.69) is 73.8 Å². The number of guanidine groups is 2. The molecule has 2 aromatic rings. The molecule has 2 heterocycles. The minimum absolute atomic E-state index is 0.00546. The lowest BCUT2D eigenvalue weighted by Crippen LogP contribution is -2.58. The Hall–Kier alpha value is -9.75. The van der Waals surface area contributed by atoms with Gasteiger partial charge < -0.3 is 97.3 Å². The molecule has 2 aliphatic heterocycles. The molecule has 498 valence electrons. The highest BCUT2D eigenvalue weighted by Gasteiger charge is 2.35. The van der Waals surface area contributed by atoms with Gasteiger partial charge in [-0.3, -0.25) is 67.5 Å². The predicted molar refractivity (Wildman–Crippen MR) is 333 cm³/mol. The van der Waals surface area contributed by atoms with Gasteiger partial charge in [-0.25, -0.2) is 0 Å². The average molecular weight is 1270 g/mol. The van der Waals surface area contributed by atoms with Crippen molar-refractivity contribution in [3.05, 3.63) is 71.8 Å². The van der Waals surface area contributed by atoms with Crippen LogP contribution in [0.1, 0.15) is 108 Å². The quantitative estimate of drug-likeness (QED) is 0.0156. The third-order valence-corrected chi connectivity index (χ3v) is 14.6. The lowest BCUT2D eigenvalue weighted by molar-refractivity contribution is -0.134. The summed E-state index contributed by atoms with van der Waals surface area (Å²) in [5.74, 6) is -8.87. The molecule has 0 saturated carbocycles. The summed E-state index contributed by atoms with van der Waals surface area (Å²) in [7, 11) is 0. The van der Waals surface area contributed by atoms with Crippen molar-refractivity contribution < 1.29 is 62.3 Å². The Bertz CT molecular complexity index is 2860. The van der Waals surface area contributed by atoms with Crippen LogP contribution >= 0.6 is 0 Å². The summed E-state index contributed by atoms with van der Waals surface area (Å²) < 4.78 is 0. The Labute approximate surface area is 527 Å². The van der Waals surface area contributed by atoms with Crippen molar-refractivity contribution >= 4 is 89.1 Å². The third kappa shape index (κ3) is 28.1. The molecule has 32 heteroatoms. The third-order valence-electron chi connectivity index (χ3n) is 14.6. The second-order valence-electron chi connectivity index (χ2n) is 21.9. The van der Waals surface area contributed by atoms with Crippen LogP contribution in [0.2, 0.25) is 0 Å². The maximum atomic E-state index is 14.2. The normalized spacial score (nSPS) is 21.9. The van der Waals surface area contributed by atoms with Crippen LogP contribution in [0, 0.1) is 0 Å². The number of rotatable bonds is 29. The van der Waals surface area contributed by atoms with E-state index in [0.717, 1.165) is 0 Å². The zero-order chi connectivity index (χ0) is 66.7. The van der Waals surface area contributed by atoms with Gasteiger partial charge in [0.25, 0.3) is 0 Å². The number of aldehydes is 1. The van der Waals surface area contributed by atoms with E-state index < -0.39 is 145 Å². The summed E-state index contributed by atoms with van der Waals surface area (Å²) in [6, 6.07) is 6.43. The van der Waals surface area contributed by atoms with Crippen molar-refractivity contribution in [3.63, 3.8) is 0 Å². The maximum absolute atomic E-state index is 14.2. The fraction of sp³-hybridized carbons (Fsp3) is 0.542. The van der Waals surface area contributed by atoms with Crippen LogP contribution in [0.25, 0.3) is 0 Å². The van der Waals surface area contributed by atoms with Crippen LogP contribution < -0.4 is 92.5 Å². The fourth-order valence-corrected chi connectivity index (χ4v) is 9.61. The Morgan fingerprint density at radius 1 is 0.495 bits per heavy atom. The van der Waals surface area contributed by atoms with Gasteiger partial charge in [0.1, 0.15) is 54.6 Å². The van der Waals surface area contributed by atoms with E-state index in [0.29, 0.717) is 23.8 Å². The van der Waals surface area contributed by atoms with Gasteiger partial charge in [0.15, 0.2) is 11.9 Å². The van der Waals surface area contributed by atoms with Gasteiger partial charge in [0, 0.05) is 51.9 Å². The number of benzene rings is 2. The first-order valence-electron chi connectivity index (χ1n) is 30.5.